The minimum absolute atomic E-state index is 0.0392. The highest BCUT2D eigenvalue weighted by atomic mass is 35.5. The van der Waals surface area contributed by atoms with E-state index in [0.717, 1.165) is 18.8 Å². The van der Waals surface area contributed by atoms with E-state index in [4.69, 9.17) is 16.3 Å². The average Bonchev–Trinajstić information content (AvgIpc) is 2.72. The number of aliphatic hydroxyl groups is 1. The van der Waals surface area contributed by atoms with E-state index in [1.54, 1.807) is 25.4 Å². The van der Waals surface area contributed by atoms with Crippen LogP contribution in [0.5, 0.6) is 0 Å². The first-order valence-electron chi connectivity index (χ1n) is 5.27. The Hall–Kier alpha value is -0.840. The van der Waals surface area contributed by atoms with Gasteiger partial charge in [0.1, 0.15) is 5.82 Å². The van der Waals surface area contributed by atoms with Crippen LogP contribution in [0.1, 0.15) is 6.42 Å². The highest BCUT2D eigenvalue weighted by Gasteiger charge is 2.33. The molecule has 0 bridgehead atoms. The fourth-order valence-corrected chi connectivity index (χ4v) is 2.30. The van der Waals surface area contributed by atoms with Crippen molar-refractivity contribution in [2.45, 2.75) is 18.6 Å². The van der Waals surface area contributed by atoms with Crippen LogP contribution in [0.2, 0.25) is 5.02 Å². The zero-order valence-electron chi connectivity index (χ0n) is 9.14. The largest absolute Gasteiger partial charge is 0.394 e. The van der Waals surface area contributed by atoms with Crippen molar-refractivity contribution in [3.05, 3.63) is 23.4 Å². The molecule has 0 saturated carbocycles. The molecule has 0 amide bonds. The zero-order valence-corrected chi connectivity index (χ0v) is 9.89. The molecule has 1 aromatic rings. The Morgan fingerprint density at radius 1 is 1.69 bits per heavy atom. The van der Waals surface area contributed by atoms with Crippen LogP contribution in [-0.2, 0) is 4.74 Å². The zero-order chi connectivity index (χ0) is 11.5. The Morgan fingerprint density at radius 2 is 2.50 bits per heavy atom. The monoisotopic (exact) mass is 242 g/mol. The van der Waals surface area contributed by atoms with E-state index >= 15 is 0 Å². The quantitative estimate of drug-likeness (QED) is 0.869. The SMILES string of the molecule is CO[C@@H]1C[C@@H](CO)N(c2ncccc2Cl)C1. The summed E-state index contributed by atoms with van der Waals surface area (Å²) in [6.07, 6.45) is 2.64. The maximum Gasteiger partial charge on any atom is 0.147 e. The molecule has 1 aliphatic rings. The fraction of sp³-hybridized carbons (Fsp3) is 0.545. The second kappa shape index (κ2) is 4.99. The molecule has 0 unspecified atom stereocenters. The molecule has 1 aromatic heterocycles. The lowest BCUT2D eigenvalue weighted by Crippen LogP contribution is -2.33. The van der Waals surface area contributed by atoms with Crippen molar-refractivity contribution in [2.24, 2.45) is 0 Å². The van der Waals surface area contributed by atoms with Gasteiger partial charge in [0.2, 0.25) is 0 Å². The normalized spacial score (nSPS) is 25.1. The summed E-state index contributed by atoms with van der Waals surface area (Å²) in [5, 5.41) is 9.94. The maximum absolute atomic E-state index is 9.33. The van der Waals surface area contributed by atoms with Crippen molar-refractivity contribution in [1.29, 1.82) is 0 Å². The van der Waals surface area contributed by atoms with Gasteiger partial charge in [0.05, 0.1) is 23.8 Å². The number of hydrogen-bond donors (Lipinski definition) is 1. The van der Waals surface area contributed by atoms with Gasteiger partial charge in [-0.25, -0.2) is 4.98 Å². The van der Waals surface area contributed by atoms with E-state index in [2.05, 4.69) is 4.98 Å². The van der Waals surface area contributed by atoms with Crippen LogP contribution in [0.25, 0.3) is 0 Å². The molecule has 0 aliphatic carbocycles. The number of halogens is 1. The van der Waals surface area contributed by atoms with Gasteiger partial charge in [-0.3, -0.25) is 0 Å². The van der Waals surface area contributed by atoms with Crippen molar-refractivity contribution in [2.75, 3.05) is 25.2 Å². The molecular formula is C11H15ClN2O2. The van der Waals surface area contributed by atoms with Gasteiger partial charge < -0.3 is 14.7 Å². The van der Waals surface area contributed by atoms with Crippen molar-refractivity contribution >= 4 is 17.4 Å². The van der Waals surface area contributed by atoms with E-state index < -0.39 is 0 Å². The number of rotatable bonds is 3. The van der Waals surface area contributed by atoms with Gasteiger partial charge in [-0.2, -0.15) is 0 Å². The summed E-state index contributed by atoms with van der Waals surface area (Å²) in [4.78, 5) is 6.26. The third-order valence-corrected chi connectivity index (χ3v) is 3.23. The van der Waals surface area contributed by atoms with Crippen molar-refractivity contribution in [1.82, 2.24) is 4.98 Å². The van der Waals surface area contributed by atoms with Gasteiger partial charge in [0.15, 0.2) is 0 Å². The average molecular weight is 243 g/mol. The molecule has 1 aliphatic heterocycles. The van der Waals surface area contributed by atoms with Crippen LogP contribution < -0.4 is 4.90 Å². The molecule has 1 fully saturated rings. The van der Waals surface area contributed by atoms with Crippen LogP contribution >= 0.6 is 11.6 Å². The van der Waals surface area contributed by atoms with Gasteiger partial charge >= 0.3 is 0 Å². The molecule has 0 spiro atoms. The number of pyridine rings is 1. The van der Waals surface area contributed by atoms with E-state index in [-0.39, 0.29) is 18.8 Å². The third kappa shape index (κ3) is 2.14. The lowest BCUT2D eigenvalue weighted by Gasteiger charge is -2.24. The highest BCUT2D eigenvalue weighted by molar-refractivity contribution is 6.32. The van der Waals surface area contributed by atoms with Crippen LogP contribution in [0, 0.1) is 0 Å². The van der Waals surface area contributed by atoms with E-state index in [0.29, 0.717) is 5.02 Å². The predicted molar refractivity (Wildman–Crippen MR) is 62.9 cm³/mol. The second-order valence-electron chi connectivity index (χ2n) is 3.89. The molecular weight excluding hydrogens is 228 g/mol. The molecule has 88 valence electrons. The Balaban J connectivity index is 2.23. The minimum Gasteiger partial charge on any atom is -0.394 e. The number of hydrogen-bond acceptors (Lipinski definition) is 4. The first-order valence-corrected chi connectivity index (χ1v) is 5.65. The molecule has 0 radical (unpaired) electrons. The molecule has 1 saturated heterocycles. The Kier molecular flexibility index (Phi) is 3.63. The molecule has 4 nitrogen and oxygen atoms in total. The molecule has 2 atom stereocenters. The van der Waals surface area contributed by atoms with Crippen LogP contribution in [0.15, 0.2) is 18.3 Å². The summed E-state index contributed by atoms with van der Waals surface area (Å²) >= 11 is 6.09. The first kappa shape index (κ1) is 11.6. The summed E-state index contributed by atoms with van der Waals surface area (Å²) in [5.41, 5.74) is 0. The summed E-state index contributed by atoms with van der Waals surface area (Å²) < 4.78 is 5.31. The van der Waals surface area contributed by atoms with E-state index in [1.807, 2.05) is 4.90 Å². The maximum atomic E-state index is 9.33. The smallest absolute Gasteiger partial charge is 0.147 e. The number of nitrogens with zero attached hydrogens (tertiary/aromatic N) is 2. The van der Waals surface area contributed by atoms with Gasteiger partial charge in [-0.15, -0.1) is 0 Å². The van der Waals surface area contributed by atoms with Crippen molar-refractivity contribution in [3.63, 3.8) is 0 Å². The second-order valence-corrected chi connectivity index (χ2v) is 4.30. The molecule has 5 heteroatoms. The summed E-state index contributed by atoms with van der Waals surface area (Å²) in [7, 11) is 1.68. The van der Waals surface area contributed by atoms with Gasteiger partial charge in [-0.05, 0) is 18.6 Å². The van der Waals surface area contributed by atoms with Crippen molar-refractivity contribution < 1.29 is 9.84 Å². The number of anilines is 1. The van der Waals surface area contributed by atoms with Crippen LogP contribution in [0.4, 0.5) is 5.82 Å². The lowest BCUT2D eigenvalue weighted by molar-refractivity contribution is 0.115. The van der Waals surface area contributed by atoms with Gasteiger partial charge in [0.25, 0.3) is 0 Å². The summed E-state index contributed by atoms with van der Waals surface area (Å²) in [5.74, 6) is 0.725. The van der Waals surface area contributed by atoms with Gasteiger partial charge in [0, 0.05) is 19.9 Å². The van der Waals surface area contributed by atoms with Gasteiger partial charge in [-0.1, -0.05) is 11.6 Å². The highest BCUT2D eigenvalue weighted by Crippen LogP contribution is 2.30. The molecule has 1 N–H and O–H groups in total. The lowest BCUT2D eigenvalue weighted by atomic mass is 10.2. The standard InChI is InChI=1S/C11H15ClN2O2/c1-16-9-5-8(7-15)14(6-9)11-10(12)3-2-4-13-11/h2-4,8-9,15H,5-7H2,1H3/t8-,9+/m0/s1. The van der Waals surface area contributed by atoms with Crippen LogP contribution in [0.3, 0.4) is 0 Å². The summed E-state index contributed by atoms with van der Waals surface area (Å²) in [6.45, 7) is 0.811. The van der Waals surface area contributed by atoms with Crippen molar-refractivity contribution in [3.8, 4) is 0 Å². The fourth-order valence-electron chi connectivity index (χ4n) is 2.07. The number of aliphatic hydroxyl groups excluding tert-OH is 1. The topological polar surface area (TPSA) is 45.6 Å². The molecule has 2 rings (SSSR count). The first-order chi connectivity index (χ1) is 7.76. The van der Waals surface area contributed by atoms with E-state index in [9.17, 15) is 5.11 Å². The molecule has 16 heavy (non-hydrogen) atoms. The third-order valence-electron chi connectivity index (χ3n) is 2.93. The Labute approximate surface area is 99.8 Å². The van der Waals surface area contributed by atoms with Crippen LogP contribution in [-0.4, -0.2) is 42.5 Å². The number of ether oxygens (including phenoxy) is 1. The Morgan fingerprint density at radius 3 is 3.12 bits per heavy atom. The molecule has 2 heterocycles. The molecule has 0 aromatic carbocycles. The number of aromatic nitrogens is 1. The van der Waals surface area contributed by atoms with E-state index in [1.165, 1.54) is 0 Å². The Bertz CT molecular complexity index is 362. The minimum atomic E-state index is 0.0392. The predicted octanol–water partition coefficient (Wildman–Crippen LogP) is 1.32. The number of methoxy groups -OCH3 is 1. The summed E-state index contributed by atoms with van der Waals surface area (Å²) in [6, 6.07) is 3.64.